The van der Waals surface area contributed by atoms with E-state index in [0.717, 1.165) is 17.6 Å². The van der Waals surface area contributed by atoms with Crippen molar-refractivity contribution in [1.82, 2.24) is 9.80 Å². The molecule has 0 aromatic carbocycles. The molecule has 1 aliphatic heterocycles. The summed E-state index contributed by atoms with van der Waals surface area (Å²) >= 11 is 0. The third-order valence-corrected chi connectivity index (χ3v) is 6.46. The number of nitrogens with zero attached hydrogens (tertiary/aromatic N) is 3. The highest BCUT2D eigenvalue weighted by molar-refractivity contribution is 5.26. The Hall–Kier alpha value is -1.46. The monoisotopic (exact) mass is 670 g/mol. The van der Waals surface area contributed by atoms with Crippen LogP contribution in [0.1, 0.15) is 6.92 Å². The first-order valence-corrected chi connectivity index (χ1v) is 11.1. The molecule has 42 heavy (non-hydrogen) atoms. The second kappa shape index (κ2) is 11.8. The lowest BCUT2D eigenvalue weighted by atomic mass is 9.88. The van der Waals surface area contributed by atoms with Crippen molar-refractivity contribution in [2.24, 2.45) is 0 Å². The number of aliphatic hydroxyl groups excluding tert-OH is 1. The van der Waals surface area contributed by atoms with Crippen LogP contribution in [0.15, 0.2) is 0 Å². The highest BCUT2D eigenvalue weighted by Crippen LogP contribution is 2.70. The van der Waals surface area contributed by atoms with E-state index in [0.29, 0.717) is 0 Å². The van der Waals surface area contributed by atoms with Crippen molar-refractivity contribution < 1.29 is 93.4 Å². The summed E-state index contributed by atoms with van der Waals surface area (Å²) in [5.74, 6) is -45.9. The Kier molecular flexibility index (Phi) is 11.4. The molecule has 1 N–H and O–H groups in total. The van der Waals surface area contributed by atoms with Gasteiger partial charge < -0.3 is 14.3 Å². The molecule has 1 aliphatic rings. The second-order valence-electron chi connectivity index (χ2n) is 9.45. The standard InChI is InChI=1S/C12H8F18N2O.C7H18NO/c1-31-7(19,4(13,14)9(21,22)23)8(20,5(15,16)10(24,25)26)32(2-3-33)12(31,30)6(17,18)11(27,28)29;1-5-8(2,3)6-7-9-4/h33H,2-3H2,1H3;5-7H2,1-4H3/q;+1. The van der Waals surface area contributed by atoms with Gasteiger partial charge in [0.15, 0.2) is 0 Å². The zero-order chi connectivity index (χ0) is 34.4. The number of methoxy groups -OCH3 is 1. The minimum absolute atomic E-state index is 0.862. The van der Waals surface area contributed by atoms with Crippen LogP contribution in [0.2, 0.25) is 0 Å². The number of quaternary nitrogens is 1. The first-order chi connectivity index (χ1) is 18.2. The normalized spacial score (nSPS) is 27.7. The summed E-state index contributed by atoms with van der Waals surface area (Å²) in [5.41, 5.74) is 0. The number of aliphatic hydroxyl groups is 1. The number of rotatable bonds is 9. The molecule has 0 aromatic heterocycles. The topological polar surface area (TPSA) is 35.9 Å². The zero-order valence-corrected chi connectivity index (χ0v) is 22.0. The molecular formula is C19H26F18N3O2+. The van der Waals surface area contributed by atoms with Crippen molar-refractivity contribution in [3.05, 3.63) is 0 Å². The van der Waals surface area contributed by atoms with Crippen LogP contribution in [0.3, 0.4) is 0 Å². The maximum Gasteiger partial charge on any atom is 0.459 e. The highest BCUT2D eigenvalue weighted by atomic mass is 19.4. The first kappa shape index (κ1) is 40.5. The van der Waals surface area contributed by atoms with Crippen LogP contribution < -0.4 is 0 Å². The van der Waals surface area contributed by atoms with Gasteiger partial charge in [-0.2, -0.15) is 65.9 Å². The Morgan fingerprint density at radius 1 is 0.690 bits per heavy atom. The maximum absolute atomic E-state index is 15.2. The van der Waals surface area contributed by atoms with Crippen molar-refractivity contribution in [1.29, 1.82) is 0 Å². The van der Waals surface area contributed by atoms with Gasteiger partial charge >= 0.3 is 36.3 Å². The van der Waals surface area contributed by atoms with Crippen molar-refractivity contribution in [3.63, 3.8) is 0 Å². The van der Waals surface area contributed by atoms with Crippen LogP contribution in [-0.4, -0.2) is 134 Å². The number of ether oxygens (including phenoxy) is 1. The molecule has 1 saturated heterocycles. The van der Waals surface area contributed by atoms with Gasteiger partial charge in [-0.3, -0.25) is 0 Å². The predicted octanol–water partition coefficient (Wildman–Crippen LogP) is 5.50. The van der Waals surface area contributed by atoms with Gasteiger partial charge in [-0.15, -0.1) is 0 Å². The zero-order valence-electron chi connectivity index (χ0n) is 22.0. The molecular weight excluding hydrogens is 644 g/mol. The number of alkyl halides is 18. The largest absolute Gasteiger partial charge is 0.459 e. The Labute approximate surface area is 226 Å². The van der Waals surface area contributed by atoms with Gasteiger partial charge in [-0.05, 0) is 14.0 Å². The van der Waals surface area contributed by atoms with Gasteiger partial charge in [0.25, 0.3) is 17.5 Å². The summed E-state index contributed by atoms with van der Waals surface area (Å²) in [6.07, 6.45) is -23.1. The van der Waals surface area contributed by atoms with Crippen LogP contribution in [0, 0.1) is 0 Å². The number of hydrogen-bond donors (Lipinski definition) is 1. The molecule has 0 spiro atoms. The summed E-state index contributed by atoms with van der Waals surface area (Å²) in [4.78, 5) is -5.79. The Morgan fingerprint density at radius 3 is 1.33 bits per heavy atom. The van der Waals surface area contributed by atoms with Crippen molar-refractivity contribution >= 4 is 0 Å². The van der Waals surface area contributed by atoms with Gasteiger partial charge in [-0.25, -0.2) is 23.0 Å². The fourth-order valence-electron chi connectivity index (χ4n) is 3.62. The van der Waals surface area contributed by atoms with Crippen LogP contribution in [0.4, 0.5) is 79.0 Å². The fraction of sp³-hybridized carbons (Fsp3) is 1.00. The third kappa shape index (κ3) is 5.83. The van der Waals surface area contributed by atoms with E-state index in [4.69, 9.17) is 9.84 Å². The molecule has 254 valence electrons. The van der Waals surface area contributed by atoms with Crippen molar-refractivity contribution in [3.8, 4) is 0 Å². The Morgan fingerprint density at radius 2 is 1.05 bits per heavy atom. The van der Waals surface area contributed by atoms with E-state index in [2.05, 4.69) is 21.0 Å². The van der Waals surface area contributed by atoms with E-state index in [1.807, 2.05) is 0 Å². The molecule has 0 aromatic rings. The third-order valence-electron chi connectivity index (χ3n) is 6.46. The summed E-state index contributed by atoms with van der Waals surface area (Å²) in [7, 11) is 4.88. The number of β-amino-alcohol motifs (C(OH)–C–C–N with tert-alkyl or cyclic N) is 1. The van der Waals surface area contributed by atoms with Gasteiger partial charge in [0.05, 0.1) is 33.9 Å². The van der Waals surface area contributed by atoms with Crippen molar-refractivity contribution in [2.45, 2.75) is 60.7 Å². The number of hydrogen-bond acceptors (Lipinski definition) is 4. The fourth-order valence-corrected chi connectivity index (χ4v) is 3.62. The van der Waals surface area contributed by atoms with Crippen LogP contribution in [0.25, 0.3) is 0 Å². The molecule has 1 rings (SSSR count). The smallest absolute Gasteiger partial charge is 0.395 e. The molecule has 0 aliphatic carbocycles. The molecule has 1 heterocycles. The minimum Gasteiger partial charge on any atom is -0.395 e. The summed E-state index contributed by atoms with van der Waals surface area (Å²) < 4.78 is 249. The molecule has 23 heteroatoms. The molecule has 3 atom stereocenters. The van der Waals surface area contributed by atoms with Crippen LogP contribution >= 0.6 is 0 Å². The molecule has 0 amide bonds. The Balaban J connectivity index is 0.00000160. The molecule has 0 bridgehead atoms. The molecule has 0 saturated carbocycles. The van der Waals surface area contributed by atoms with Gasteiger partial charge in [0.1, 0.15) is 6.54 Å². The lowest BCUT2D eigenvalue weighted by molar-refractivity contribution is -0.888. The van der Waals surface area contributed by atoms with E-state index < -0.39 is 83.8 Å². The summed E-state index contributed by atoms with van der Waals surface area (Å²) in [5, 5.41) is 8.57. The molecule has 0 radical (unpaired) electrons. The highest BCUT2D eigenvalue weighted by Gasteiger charge is 3.00. The van der Waals surface area contributed by atoms with Crippen molar-refractivity contribution in [2.75, 3.05) is 61.1 Å². The maximum atomic E-state index is 15.2. The van der Waals surface area contributed by atoms with Gasteiger partial charge in [0.2, 0.25) is 0 Å². The van der Waals surface area contributed by atoms with E-state index in [9.17, 15) is 65.9 Å². The summed E-state index contributed by atoms with van der Waals surface area (Å²) in [6, 6.07) is 0. The van der Waals surface area contributed by atoms with Crippen LogP contribution in [0.5, 0.6) is 0 Å². The SMILES string of the molecule is CC[N+](C)(C)CCOC.CN1C(F)(C(F)(F)C(F)(F)F)N(CCO)C(F)(C(F)(F)C(F)(F)F)C1(F)C(F)(F)C(F)(F)F. The average Bonchev–Trinajstić information content (AvgIpc) is 2.95. The lowest BCUT2D eigenvalue weighted by Gasteiger charge is -2.46. The average molecular weight is 670 g/mol. The molecule has 1 fully saturated rings. The minimum atomic E-state index is -8.03. The van der Waals surface area contributed by atoms with E-state index in [1.165, 1.54) is 6.54 Å². The quantitative estimate of drug-likeness (QED) is 0.200. The number of likely N-dealkylation sites (N-methyl/N-ethyl adjacent to an activating group) is 2. The Bertz CT molecular complexity index is 908. The van der Waals surface area contributed by atoms with E-state index in [-0.39, 0.29) is 0 Å². The molecule has 5 nitrogen and oxygen atoms in total. The first-order valence-electron chi connectivity index (χ1n) is 11.1. The van der Waals surface area contributed by atoms with Gasteiger partial charge in [0, 0.05) is 13.7 Å². The van der Waals surface area contributed by atoms with Gasteiger partial charge in [-0.1, -0.05) is 0 Å². The lowest BCUT2D eigenvalue weighted by Crippen LogP contribution is -2.77. The molecule has 3 unspecified atom stereocenters. The predicted molar refractivity (Wildman–Crippen MR) is 105 cm³/mol. The van der Waals surface area contributed by atoms with Crippen LogP contribution in [-0.2, 0) is 4.74 Å². The van der Waals surface area contributed by atoms with E-state index >= 15 is 13.2 Å². The second-order valence-corrected chi connectivity index (χ2v) is 9.45. The summed E-state index contributed by atoms with van der Waals surface area (Å²) in [6.45, 7) is -0.0815. The van der Waals surface area contributed by atoms with E-state index in [1.54, 1.807) is 7.11 Å². The number of halogens is 18.